The smallest absolute Gasteiger partial charge is 0.175 e. The Kier molecular flexibility index (Phi) is 5.53. The number of ether oxygens (including phenoxy) is 1. The lowest BCUT2D eigenvalue weighted by Crippen LogP contribution is -2.16. The fourth-order valence-corrected chi connectivity index (χ4v) is 4.95. The first-order valence-corrected chi connectivity index (χ1v) is 11.0. The van der Waals surface area contributed by atoms with Crippen LogP contribution in [0.15, 0.2) is 28.8 Å². The fourth-order valence-electron chi connectivity index (χ4n) is 3.71. The second-order valence-corrected chi connectivity index (χ2v) is 9.52. The van der Waals surface area contributed by atoms with E-state index < -0.39 is 5.92 Å². The number of aromatic nitrogens is 1. The lowest BCUT2D eigenvalue weighted by Gasteiger charge is -2.19. The zero-order chi connectivity index (χ0) is 19.0. The number of dihydropyridines is 1. The third-order valence-electron chi connectivity index (χ3n) is 5.19. The number of halogens is 1. The van der Waals surface area contributed by atoms with Crippen molar-refractivity contribution in [1.29, 1.82) is 0 Å². The van der Waals surface area contributed by atoms with Crippen LogP contribution in [0.25, 0.3) is 0 Å². The van der Waals surface area contributed by atoms with E-state index in [-0.39, 0.29) is 22.8 Å². The van der Waals surface area contributed by atoms with Gasteiger partial charge in [0.15, 0.2) is 11.6 Å². The molecule has 2 fully saturated rings. The van der Waals surface area contributed by atoms with Crippen LogP contribution in [0.1, 0.15) is 40.8 Å². The van der Waals surface area contributed by atoms with E-state index in [9.17, 15) is 9.59 Å². The van der Waals surface area contributed by atoms with Gasteiger partial charge in [-0.25, -0.2) is 4.98 Å². The summed E-state index contributed by atoms with van der Waals surface area (Å²) in [5, 5.41) is 0.778. The Morgan fingerprint density at radius 2 is 2.07 bits per heavy atom. The molecule has 3 aliphatic rings. The summed E-state index contributed by atoms with van der Waals surface area (Å²) < 4.78 is 5.38. The van der Waals surface area contributed by atoms with E-state index in [4.69, 9.17) is 4.74 Å². The number of alkyl halides is 1. The fraction of sp³-hybridized carbons (Fsp3) is 0.500. The number of nitrogens with zero attached hydrogens (tertiary/aromatic N) is 2. The monoisotopic (exact) mass is 448 g/mol. The summed E-state index contributed by atoms with van der Waals surface area (Å²) in [6, 6.07) is 0. The lowest BCUT2D eigenvalue weighted by atomic mass is 9.95. The highest BCUT2D eigenvalue weighted by atomic mass is 79.9. The molecule has 3 heterocycles. The van der Waals surface area contributed by atoms with E-state index in [1.807, 2.05) is 25.2 Å². The summed E-state index contributed by atoms with van der Waals surface area (Å²) >= 11 is 5.01. The summed E-state index contributed by atoms with van der Waals surface area (Å²) in [7, 11) is 0. The molecule has 1 saturated heterocycles. The normalized spacial score (nSPS) is 28.2. The van der Waals surface area contributed by atoms with Gasteiger partial charge in [0.05, 0.1) is 22.8 Å². The predicted octanol–water partition coefficient (Wildman–Crippen LogP) is 3.55. The number of carbonyl (C=O) groups excluding carboxylic acids is 2. The average molecular weight is 449 g/mol. The van der Waals surface area contributed by atoms with E-state index >= 15 is 0 Å². The minimum absolute atomic E-state index is 0.0418. The van der Waals surface area contributed by atoms with Crippen LogP contribution in [0.4, 0.5) is 0 Å². The van der Waals surface area contributed by atoms with Crippen LogP contribution in [-0.2, 0) is 14.3 Å². The molecule has 4 rings (SSSR count). The number of hydrogen-bond donors (Lipinski definition) is 0. The van der Waals surface area contributed by atoms with Gasteiger partial charge < -0.3 is 4.74 Å². The van der Waals surface area contributed by atoms with Gasteiger partial charge in [-0.05, 0) is 37.3 Å². The molecule has 2 aliphatic heterocycles. The van der Waals surface area contributed by atoms with Gasteiger partial charge in [0, 0.05) is 24.5 Å². The molecule has 0 amide bonds. The molecule has 2 atom stereocenters. The highest BCUT2D eigenvalue weighted by Gasteiger charge is 2.41. The van der Waals surface area contributed by atoms with Crippen molar-refractivity contribution in [1.82, 2.24) is 4.98 Å². The predicted molar refractivity (Wildman–Crippen MR) is 109 cm³/mol. The number of carbonyl (C=O) groups is 2. The number of Topliss-reactive ketones (excluding diaryl/α,β-unsaturated/α-hetero) is 2. The number of allylic oxidation sites excluding steroid dienone is 3. The Bertz CT molecular complexity index is 865. The maximum atomic E-state index is 13.0. The first-order chi connectivity index (χ1) is 13.0. The van der Waals surface area contributed by atoms with Gasteiger partial charge in [-0.1, -0.05) is 28.1 Å². The molecule has 0 radical (unpaired) electrons. The Balaban J connectivity index is 1.58. The molecule has 1 saturated carbocycles. The zero-order valence-electron chi connectivity index (χ0n) is 15.1. The molecule has 0 N–H and O–H groups in total. The Labute approximate surface area is 170 Å². The molecule has 27 heavy (non-hydrogen) atoms. The second kappa shape index (κ2) is 7.89. The van der Waals surface area contributed by atoms with Crippen molar-refractivity contribution in [3.63, 3.8) is 0 Å². The van der Waals surface area contributed by atoms with Gasteiger partial charge >= 0.3 is 0 Å². The first-order valence-electron chi connectivity index (χ1n) is 9.22. The van der Waals surface area contributed by atoms with E-state index in [0.29, 0.717) is 23.7 Å². The van der Waals surface area contributed by atoms with E-state index in [1.165, 1.54) is 11.3 Å². The molecule has 0 spiro atoms. The van der Waals surface area contributed by atoms with Crippen LogP contribution in [0.2, 0.25) is 0 Å². The average Bonchev–Trinajstić information content (AvgIpc) is 3.16. The number of aliphatic imine (C=N–C) groups is 1. The van der Waals surface area contributed by atoms with Crippen molar-refractivity contribution in [3.8, 4) is 0 Å². The molecule has 0 bridgehead atoms. The standard InChI is InChI=1S/C20H21BrN2O3S/c1-11-18(23-20(27-11)15-3-2-14(21)10-22-15)17-16(24)9-13(19(17)25)8-12-4-6-26-7-5-12/h2-3,8,12,14,17H,4-7,9-10H2,1H3/b13-8+. The molecular weight excluding hydrogens is 428 g/mol. The maximum Gasteiger partial charge on any atom is 0.175 e. The van der Waals surface area contributed by atoms with Crippen molar-refractivity contribution in [2.24, 2.45) is 10.9 Å². The lowest BCUT2D eigenvalue weighted by molar-refractivity contribution is -0.123. The summed E-state index contributed by atoms with van der Waals surface area (Å²) in [5.41, 5.74) is 2.08. The van der Waals surface area contributed by atoms with Gasteiger partial charge in [0.2, 0.25) is 0 Å². The summed E-state index contributed by atoms with van der Waals surface area (Å²) in [4.78, 5) is 36.0. The summed E-state index contributed by atoms with van der Waals surface area (Å²) in [6.07, 6.45) is 8.04. The maximum absolute atomic E-state index is 13.0. The molecule has 142 valence electrons. The summed E-state index contributed by atoms with van der Waals surface area (Å²) in [5.74, 6) is -0.540. The van der Waals surface area contributed by atoms with Crippen LogP contribution in [0.5, 0.6) is 0 Å². The van der Waals surface area contributed by atoms with Crippen molar-refractivity contribution in [2.75, 3.05) is 19.8 Å². The van der Waals surface area contributed by atoms with Crippen LogP contribution in [-0.4, -0.2) is 46.8 Å². The van der Waals surface area contributed by atoms with Gasteiger partial charge in [0.1, 0.15) is 10.9 Å². The minimum Gasteiger partial charge on any atom is -0.381 e. The van der Waals surface area contributed by atoms with Gasteiger partial charge in [-0.2, -0.15) is 0 Å². The highest BCUT2D eigenvalue weighted by molar-refractivity contribution is 9.09. The Morgan fingerprint density at radius 1 is 1.30 bits per heavy atom. The molecule has 0 aromatic carbocycles. The van der Waals surface area contributed by atoms with Crippen LogP contribution in [0.3, 0.4) is 0 Å². The molecule has 2 unspecified atom stereocenters. The largest absolute Gasteiger partial charge is 0.381 e. The third kappa shape index (κ3) is 3.91. The Hall–Kier alpha value is -1.44. The third-order valence-corrected chi connectivity index (χ3v) is 6.80. The van der Waals surface area contributed by atoms with Gasteiger partial charge in [-0.15, -0.1) is 11.3 Å². The number of ketones is 2. The van der Waals surface area contributed by atoms with Crippen molar-refractivity contribution in [2.45, 2.75) is 36.9 Å². The van der Waals surface area contributed by atoms with Crippen LogP contribution in [0, 0.1) is 12.8 Å². The number of rotatable bonds is 3. The molecule has 7 heteroatoms. The van der Waals surface area contributed by atoms with Gasteiger partial charge in [-0.3, -0.25) is 14.6 Å². The molecule has 1 aromatic rings. The number of thiazole rings is 1. The quantitative estimate of drug-likeness (QED) is 0.402. The second-order valence-electron chi connectivity index (χ2n) is 7.14. The zero-order valence-corrected chi connectivity index (χ0v) is 17.5. The van der Waals surface area contributed by atoms with Crippen LogP contribution >= 0.6 is 27.3 Å². The topological polar surface area (TPSA) is 68.6 Å². The van der Waals surface area contributed by atoms with Crippen molar-refractivity contribution < 1.29 is 14.3 Å². The van der Waals surface area contributed by atoms with Crippen molar-refractivity contribution in [3.05, 3.63) is 39.4 Å². The molecular formula is C20H21BrN2O3S. The van der Waals surface area contributed by atoms with E-state index in [0.717, 1.165) is 41.7 Å². The van der Waals surface area contributed by atoms with E-state index in [1.54, 1.807) is 0 Å². The summed E-state index contributed by atoms with van der Waals surface area (Å²) in [6.45, 7) is 4.04. The SMILES string of the molecule is Cc1sc(C2=NCC(Br)C=C2)nc1C1C(=O)C/C(=C\C2CCOCC2)C1=O. The molecule has 1 aliphatic carbocycles. The first kappa shape index (κ1) is 18.9. The molecule has 5 nitrogen and oxygen atoms in total. The highest BCUT2D eigenvalue weighted by Crippen LogP contribution is 2.36. The van der Waals surface area contributed by atoms with E-state index in [2.05, 4.69) is 25.9 Å². The minimum atomic E-state index is -0.752. The van der Waals surface area contributed by atoms with Crippen LogP contribution < -0.4 is 0 Å². The number of hydrogen-bond acceptors (Lipinski definition) is 6. The molecule has 1 aromatic heterocycles. The Morgan fingerprint density at radius 3 is 2.78 bits per heavy atom. The number of aryl methyl sites for hydroxylation is 1. The van der Waals surface area contributed by atoms with Crippen molar-refractivity contribution >= 4 is 44.5 Å². The van der Waals surface area contributed by atoms with Gasteiger partial charge in [0.25, 0.3) is 0 Å².